The van der Waals surface area contributed by atoms with Crippen LogP contribution in [0.1, 0.15) is 43.9 Å². The molecule has 3 aromatic rings. The van der Waals surface area contributed by atoms with E-state index in [0.717, 1.165) is 21.0 Å². The zero-order valence-corrected chi connectivity index (χ0v) is 23.5. The number of carbonyl (C=O) groups excluding carboxylic acids is 2. The number of hydrogen-bond acceptors (Lipinski definition) is 4. The number of anilines is 1. The molecule has 0 aromatic heterocycles. The van der Waals surface area contributed by atoms with Crippen molar-refractivity contribution in [3.63, 3.8) is 0 Å². The summed E-state index contributed by atoms with van der Waals surface area (Å²) in [7, 11) is -4.08. The van der Waals surface area contributed by atoms with Crippen LogP contribution in [-0.4, -0.2) is 43.8 Å². The van der Waals surface area contributed by atoms with E-state index in [2.05, 4.69) is 5.32 Å². The van der Waals surface area contributed by atoms with E-state index in [-0.39, 0.29) is 23.4 Å². The van der Waals surface area contributed by atoms with Gasteiger partial charge in [0.2, 0.25) is 11.8 Å². The van der Waals surface area contributed by atoms with E-state index >= 15 is 0 Å². The summed E-state index contributed by atoms with van der Waals surface area (Å²) in [5.74, 6) is -0.728. The maximum Gasteiger partial charge on any atom is 0.264 e. The number of sulfonamides is 1. The molecule has 38 heavy (non-hydrogen) atoms. The Bertz CT molecular complexity index is 1340. The fourth-order valence-electron chi connectivity index (χ4n) is 4.27. The minimum absolute atomic E-state index is 0.0957. The van der Waals surface area contributed by atoms with Crippen molar-refractivity contribution in [2.24, 2.45) is 0 Å². The van der Waals surface area contributed by atoms with Gasteiger partial charge in [-0.3, -0.25) is 13.9 Å². The van der Waals surface area contributed by atoms with Crippen LogP contribution in [0, 0.1) is 13.8 Å². The average Bonchev–Trinajstić information content (AvgIpc) is 2.88. The Morgan fingerprint density at radius 1 is 0.868 bits per heavy atom. The summed E-state index contributed by atoms with van der Waals surface area (Å²) in [6.07, 6.45) is 0.381. The third kappa shape index (κ3) is 7.01. The Balaban J connectivity index is 2.06. The van der Waals surface area contributed by atoms with Crippen molar-refractivity contribution in [3.05, 3.63) is 95.6 Å². The molecule has 0 radical (unpaired) electrons. The highest BCUT2D eigenvalue weighted by molar-refractivity contribution is 7.92. The standard InChI is InChI=1S/C30H37N3O4S/c1-6-27(30(35)31-22(2)3)32(20-25-13-8-7-9-14-25)29(34)21-33(28-15-11-10-12-24(28)5)38(36,37)26-18-16-23(4)17-19-26/h7-19,22,27H,6,20-21H2,1-5H3,(H,31,35). The van der Waals surface area contributed by atoms with Crippen molar-refractivity contribution in [2.75, 3.05) is 10.8 Å². The fraction of sp³-hybridized carbons (Fsp3) is 0.333. The first kappa shape index (κ1) is 28.9. The van der Waals surface area contributed by atoms with Crippen LogP contribution in [0.15, 0.2) is 83.8 Å². The SMILES string of the molecule is CCC(C(=O)NC(C)C)N(Cc1ccccc1)C(=O)CN(c1ccccc1C)S(=O)(=O)c1ccc(C)cc1. The van der Waals surface area contributed by atoms with Crippen LogP contribution >= 0.6 is 0 Å². The van der Waals surface area contributed by atoms with Gasteiger partial charge in [-0.2, -0.15) is 0 Å². The first-order chi connectivity index (χ1) is 18.0. The summed E-state index contributed by atoms with van der Waals surface area (Å²) < 4.78 is 29.0. The van der Waals surface area contributed by atoms with Crippen molar-refractivity contribution in [1.29, 1.82) is 0 Å². The largest absolute Gasteiger partial charge is 0.352 e. The molecule has 3 rings (SSSR count). The molecule has 0 aliphatic heterocycles. The van der Waals surface area contributed by atoms with Gasteiger partial charge in [0.25, 0.3) is 10.0 Å². The van der Waals surface area contributed by atoms with E-state index in [4.69, 9.17) is 0 Å². The zero-order chi connectivity index (χ0) is 27.9. The number of hydrogen-bond donors (Lipinski definition) is 1. The molecule has 1 unspecified atom stereocenters. The molecule has 0 heterocycles. The predicted molar refractivity (Wildman–Crippen MR) is 151 cm³/mol. The van der Waals surface area contributed by atoms with E-state index in [9.17, 15) is 18.0 Å². The Labute approximate surface area is 226 Å². The van der Waals surface area contributed by atoms with Crippen molar-refractivity contribution >= 4 is 27.5 Å². The molecule has 7 nitrogen and oxygen atoms in total. The minimum atomic E-state index is -4.08. The summed E-state index contributed by atoms with van der Waals surface area (Å²) in [4.78, 5) is 28.7. The molecular formula is C30H37N3O4S. The summed E-state index contributed by atoms with van der Waals surface area (Å²) in [6, 6.07) is 22.2. The van der Waals surface area contributed by atoms with Gasteiger partial charge in [0.05, 0.1) is 10.6 Å². The molecule has 0 bridgehead atoms. The van der Waals surface area contributed by atoms with E-state index in [1.165, 1.54) is 4.90 Å². The van der Waals surface area contributed by atoms with Crippen molar-refractivity contribution in [2.45, 2.75) is 64.6 Å². The number of benzene rings is 3. The maximum atomic E-state index is 14.0. The summed E-state index contributed by atoms with van der Waals surface area (Å²) in [6.45, 7) is 9.00. The van der Waals surface area contributed by atoms with Crippen LogP contribution in [0.4, 0.5) is 5.69 Å². The van der Waals surface area contributed by atoms with Gasteiger partial charge in [0, 0.05) is 12.6 Å². The molecule has 2 amide bonds. The van der Waals surface area contributed by atoms with Gasteiger partial charge in [-0.05, 0) is 63.4 Å². The average molecular weight is 536 g/mol. The topological polar surface area (TPSA) is 86.8 Å². The number of aryl methyl sites for hydroxylation is 2. The highest BCUT2D eigenvalue weighted by Gasteiger charge is 2.34. The monoisotopic (exact) mass is 535 g/mol. The molecule has 1 N–H and O–H groups in total. The number of amides is 2. The predicted octanol–water partition coefficient (Wildman–Crippen LogP) is 4.83. The number of nitrogens with zero attached hydrogens (tertiary/aromatic N) is 2. The van der Waals surface area contributed by atoms with Crippen molar-refractivity contribution in [1.82, 2.24) is 10.2 Å². The van der Waals surface area contributed by atoms with Gasteiger partial charge < -0.3 is 10.2 Å². The third-order valence-electron chi connectivity index (χ3n) is 6.28. The van der Waals surface area contributed by atoms with Crippen LogP contribution in [0.25, 0.3) is 0 Å². The summed E-state index contributed by atoms with van der Waals surface area (Å²) >= 11 is 0. The molecule has 202 valence electrons. The molecule has 3 aromatic carbocycles. The minimum Gasteiger partial charge on any atom is -0.352 e. The van der Waals surface area contributed by atoms with Gasteiger partial charge in [0.1, 0.15) is 12.6 Å². The smallest absolute Gasteiger partial charge is 0.264 e. The lowest BCUT2D eigenvalue weighted by atomic mass is 10.1. The van der Waals surface area contributed by atoms with E-state index < -0.39 is 28.5 Å². The quantitative estimate of drug-likeness (QED) is 0.381. The molecule has 1 atom stereocenters. The lowest BCUT2D eigenvalue weighted by Gasteiger charge is -2.34. The molecule has 0 aliphatic rings. The first-order valence-electron chi connectivity index (χ1n) is 12.8. The summed E-state index contributed by atoms with van der Waals surface area (Å²) in [5, 5.41) is 2.91. The van der Waals surface area contributed by atoms with E-state index in [0.29, 0.717) is 12.1 Å². The maximum absolute atomic E-state index is 14.0. The van der Waals surface area contributed by atoms with Crippen molar-refractivity contribution < 1.29 is 18.0 Å². The normalized spacial score (nSPS) is 12.2. The van der Waals surface area contributed by atoms with Gasteiger partial charge in [-0.1, -0.05) is 73.2 Å². The number of rotatable bonds is 11. The lowest BCUT2D eigenvalue weighted by Crippen LogP contribution is -2.53. The van der Waals surface area contributed by atoms with Crippen molar-refractivity contribution in [3.8, 4) is 0 Å². The van der Waals surface area contributed by atoms with Crippen LogP contribution in [0.3, 0.4) is 0 Å². The molecule has 8 heteroatoms. The highest BCUT2D eigenvalue weighted by atomic mass is 32.2. The third-order valence-corrected chi connectivity index (χ3v) is 8.06. The number of nitrogens with one attached hydrogen (secondary N) is 1. The molecule has 0 saturated carbocycles. The van der Waals surface area contributed by atoms with Gasteiger partial charge in [-0.25, -0.2) is 8.42 Å². The first-order valence-corrected chi connectivity index (χ1v) is 14.3. The van der Waals surface area contributed by atoms with Gasteiger partial charge >= 0.3 is 0 Å². The lowest BCUT2D eigenvalue weighted by molar-refractivity contribution is -0.140. The number of carbonyl (C=O) groups is 2. The molecular weight excluding hydrogens is 498 g/mol. The second-order valence-corrected chi connectivity index (χ2v) is 11.6. The molecule has 0 spiro atoms. The molecule has 0 saturated heterocycles. The number of para-hydroxylation sites is 1. The molecule has 0 aliphatic carbocycles. The van der Waals surface area contributed by atoms with Gasteiger partial charge in [0.15, 0.2) is 0 Å². The van der Waals surface area contributed by atoms with Crippen LogP contribution < -0.4 is 9.62 Å². The van der Waals surface area contributed by atoms with Crippen LogP contribution in [-0.2, 0) is 26.2 Å². The Morgan fingerprint density at radius 3 is 2.05 bits per heavy atom. The second-order valence-electron chi connectivity index (χ2n) is 9.71. The Morgan fingerprint density at radius 2 is 1.47 bits per heavy atom. The Kier molecular flexibility index (Phi) is 9.69. The van der Waals surface area contributed by atoms with Gasteiger partial charge in [-0.15, -0.1) is 0 Å². The van der Waals surface area contributed by atoms with E-state index in [1.54, 1.807) is 36.4 Å². The molecule has 0 fully saturated rings. The summed E-state index contributed by atoms with van der Waals surface area (Å²) in [5.41, 5.74) is 2.91. The fourth-order valence-corrected chi connectivity index (χ4v) is 5.75. The van der Waals surface area contributed by atoms with E-state index in [1.807, 2.05) is 77.1 Å². The van der Waals surface area contributed by atoms with Crippen LogP contribution in [0.5, 0.6) is 0 Å². The zero-order valence-electron chi connectivity index (χ0n) is 22.7. The Hall–Kier alpha value is -3.65. The second kappa shape index (κ2) is 12.7. The van der Waals surface area contributed by atoms with Crippen LogP contribution in [0.2, 0.25) is 0 Å². The highest BCUT2D eigenvalue weighted by Crippen LogP contribution is 2.27.